The number of carbonyl (C=O) groups is 1. The molecule has 2 fully saturated rings. The molecule has 0 radical (unpaired) electrons. The molecule has 1 unspecified atom stereocenters. The van der Waals surface area contributed by atoms with E-state index in [9.17, 15) is 4.79 Å². The fraction of sp³-hybridized carbons (Fsp3) is 0.600. The van der Waals surface area contributed by atoms with Gasteiger partial charge in [-0.15, -0.1) is 0 Å². The van der Waals surface area contributed by atoms with Gasteiger partial charge in [-0.25, -0.2) is 15.0 Å². The number of ether oxygens (including phenoxy) is 1. The van der Waals surface area contributed by atoms with Crippen LogP contribution in [0.1, 0.15) is 32.7 Å². The Labute approximate surface area is 165 Å². The highest BCUT2D eigenvalue weighted by Gasteiger charge is 2.27. The Morgan fingerprint density at radius 3 is 2.61 bits per heavy atom. The zero-order valence-electron chi connectivity index (χ0n) is 16.6. The van der Waals surface area contributed by atoms with Crippen molar-refractivity contribution in [2.75, 3.05) is 44.3 Å². The number of imidazole rings is 1. The van der Waals surface area contributed by atoms with Crippen LogP contribution in [0.2, 0.25) is 0 Å². The normalized spacial score (nSPS) is 20.6. The Bertz CT molecular complexity index is 797. The van der Waals surface area contributed by atoms with Crippen LogP contribution in [-0.4, -0.2) is 69.7 Å². The van der Waals surface area contributed by atoms with Gasteiger partial charge in [-0.1, -0.05) is 13.8 Å². The van der Waals surface area contributed by atoms with Crippen LogP contribution < -0.4 is 4.90 Å². The van der Waals surface area contributed by atoms with E-state index in [1.54, 1.807) is 0 Å². The first-order valence-corrected chi connectivity index (χ1v) is 10.1. The van der Waals surface area contributed by atoms with Crippen molar-refractivity contribution in [3.05, 3.63) is 24.8 Å². The van der Waals surface area contributed by atoms with Gasteiger partial charge in [0.2, 0.25) is 11.9 Å². The number of aromatic nitrogens is 4. The van der Waals surface area contributed by atoms with E-state index in [1.807, 2.05) is 43.5 Å². The molecular formula is C20H28N6O2. The number of carbonyl (C=O) groups excluding carboxylic acids is 1. The van der Waals surface area contributed by atoms with Crippen LogP contribution in [0, 0.1) is 5.92 Å². The maximum absolute atomic E-state index is 12.4. The van der Waals surface area contributed by atoms with Gasteiger partial charge in [-0.05, 0) is 12.8 Å². The number of rotatable bonds is 4. The minimum Gasteiger partial charge on any atom is -0.378 e. The highest BCUT2D eigenvalue weighted by Crippen LogP contribution is 2.28. The molecule has 0 saturated carbocycles. The molecule has 0 spiro atoms. The van der Waals surface area contributed by atoms with Gasteiger partial charge in [0.05, 0.1) is 24.8 Å². The summed E-state index contributed by atoms with van der Waals surface area (Å²) >= 11 is 0. The molecule has 2 aromatic heterocycles. The predicted molar refractivity (Wildman–Crippen MR) is 106 cm³/mol. The molecule has 2 aliphatic heterocycles. The monoisotopic (exact) mass is 384 g/mol. The summed E-state index contributed by atoms with van der Waals surface area (Å²) < 4.78 is 7.56. The van der Waals surface area contributed by atoms with Crippen LogP contribution in [0.3, 0.4) is 0 Å². The molecule has 4 rings (SSSR count). The van der Waals surface area contributed by atoms with E-state index in [0.29, 0.717) is 13.2 Å². The fourth-order valence-electron chi connectivity index (χ4n) is 3.94. The number of morpholine rings is 1. The molecule has 150 valence electrons. The molecular weight excluding hydrogens is 356 g/mol. The first-order valence-electron chi connectivity index (χ1n) is 10.1. The average Bonchev–Trinajstić information content (AvgIpc) is 3.24. The summed E-state index contributed by atoms with van der Waals surface area (Å²) in [6.45, 7) is 8.54. The molecule has 2 saturated heterocycles. The van der Waals surface area contributed by atoms with E-state index in [1.165, 1.54) is 0 Å². The van der Waals surface area contributed by atoms with E-state index in [-0.39, 0.29) is 17.9 Å². The summed E-state index contributed by atoms with van der Waals surface area (Å²) in [4.78, 5) is 30.2. The van der Waals surface area contributed by atoms with Gasteiger partial charge in [0, 0.05) is 56.9 Å². The minimum absolute atomic E-state index is 0.0298. The largest absolute Gasteiger partial charge is 0.378 e. The Balaban J connectivity index is 1.51. The summed E-state index contributed by atoms with van der Waals surface area (Å²) in [7, 11) is 0. The summed E-state index contributed by atoms with van der Waals surface area (Å²) in [6, 6.07) is 0.230. The molecule has 2 aliphatic rings. The molecule has 4 heterocycles. The lowest BCUT2D eigenvalue weighted by molar-refractivity contribution is -0.136. The van der Waals surface area contributed by atoms with Crippen molar-refractivity contribution in [2.45, 2.75) is 32.7 Å². The lowest BCUT2D eigenvalue weighted by Crippen LogP contribution is -2.42. The molecule has 0 aliphatic carbocycles. The smallest absolute Gasteiger partial charge is 0.225 e. The first kappa shape index (κ1) is 18.9. The number of nitrogens with zero attached hydrogens (tertiary/aromatic N) is 6. The van der Waals surface area contributed by atoms with Crippen molar-refractivity contribution in [2.24, 2.45) is 5.92 Å². The van der Waals surface area contributed by atoms with Crippen LogP contribution in [0.5, 0.6) is 0 Å². The van der Waals surface area contributed by atoms with Crippen molar-refractivity contribution < 1.29 is 9.53 Å². The third-order valence-corrected chi connectivity index (χ3v) is 5.45. The Hall–Kier alpha value is -2.48. The van der Waals surface area contributed by atoms with Gasteiger partial charge in [0.25, 0.3) is 0 Å². The van der Waals surface area contributed by atoms with Gasteiger partial charge in [0.1, 0.15) is 5.82 Å². The molecule has 0 bridgehead atoms. The number of hydrogen-bond acceptors (Lipinski definition) is 6. The summed E-state index contributed by atoms with van der Waals surface area (Å²) in [5, 5.41) is 0. The quantitative estimate of drug-likeness (QED) is 0.802. The van der Waals surface area contributed by atoms with Crippen molar-refractivity contribution in [1.82, 2.24) is 24.4 Å². The number of anilines is 1. The maximum Gasteiger partial charge on any atom is 0.225 e. The summed E-state index contributed by atoms with van der Waals surface area (Å²) in [5.41, 5.74) is 0.898. The van der Waals surface area contributed by atoms with Crippen molar-refractivity contribution >= 4 is 11.9 Å². The SMILES string of the molecule is CC(C)C(=O)N1CCCC(n2ccnc2-c2cnc(N3CCOCC3)nc2)C1. The second kappa shape index (κ2) is 8.26. The van der Waals surface area contributed by atoms with E-state index in [2.05, 4.69) is 24.4 Å². The van der Waals surface area contributed by atoms with Gasteiger partial charge < -0.3 is 19.1 Å². The molecule has 1 atom stereocenters. The average molecular weight is 384 g/mol. The molecule has 8 nitrogen and oxygen atoms in total. The minimum atomic E-state index is 0.0298. The fourth-order valence-corrected chi connectivity index (χ4v) is 3.94. The lowest BCUT2D eigenvalue weighted by Gasteiger charge is -2.35. The van der Waals surface area contributed by atoms with Crippen LogP contribution in [0.25, 0.3) is 11.4 Å². The van der Waals surface area contributed by atoms with Crippen LogP contribution >= 0.6 is 0 Å². The summed E-state index contributed by atoms with van der Waals surface area (Å²) in [5.74, 6) is 1.85. The zero-order chi connectivity index (χ0) is 19.5. The van der Waals surface area contributed by atoms with E-state index in [0.717, 1.165) is 56.4 Å². The molecule has 0 N–H and O–H groups in total. The lowest BCUT2D eigenvalue weighted by atomic mass is 10.0. The molecule has 8 heteroatoms. The molecule has 1 amide bonds. The van der Waals surface area contributed by atoms with Crippen LogP contribution in [0.4, 0.5) is 5.95 Å². The highest BCUT2D eigenvalue weighted by atomic mass is 16.5. The number of likely N-dealkylation sites (tertiary alicyclic amines) is 1. The van der Waals surface area contributed by atoms with Gasteiger partial charge in [-0.3, -0.25) is 4.79 Å². The third-order valence-electron chi connectivity index (χ3n) is 5.45. The van der Waals surface area contributed by atoms with E-state index >= 15 is 0 Å². The third kappa shape index (κ3) is 3.87. The van der Waals surface area contributed by atoms with Crippen LogP contribution in [-0.2, 0) is 9.53 Å². The molecule has 2 aromatic rings. The van der Waals surface area contributed by atoms with Crippen molar-refractivity contribution in [1.29, 1.82) is 0 Å². The number of piperidine rings is 1. The topological polar surface area (TPSA) is 76.4 Å². The van der Waals surface area contributed by atoms with Gasteiger partial charge in [0.15, 0.2) is 0 Å². The summed E-state index contributed by atoms with van der Waals surface area (Å²) in [6.07, 6.45) is 9.55. The van der Waals surface area contributed by atoms with Crippen molar-refractivity contribution in [3.63, 3.8) is 0 Å². The maximum atomic E-state index is 12.4. The number of hydrogen-bond donors (Lipinski definition) is 0. The Kier molecular flexibility index (Phi) is 5.57. The Morgan fingerprint density at radius 2 is 1.89 bits per heavy atom. The molecule has 28 heavy (non-hydrogen) atoms. The van der Waals surface area contributed by atoms with Gasteiger partial charge >= 0.3 is 0 Å². The number of amides is 1. The molecule has 0 aromatic carbocycles. The first-order chi connectivity index (χ1) is 13.6. The highest BCUT2D eigenvalue weighted by molar-refractivity contribution is 5.78. The second-order valence-corrected chi connectivity index (χ2v) is 7.76. The van der Waals surface area contributed by atoms with E-state index < -0.39 is 0 Å². The zero-order valence-corrected chi connectivity index (χ0v) is 16.6. The second-order valence-electron chi connectivity index (χ2n) is 7.76. The standard InChI is InChI=1S/C20H28N6O2/c1-15(2)19(27)25-6-3-4-17(14-25)26-7-5-21-18(26)16-12-22-20(23-13-16)24-8-10-28-11-9-24/h5,7,12-13,15,17H,3-4,6,8-11,14H2,1-2H3. The Morgan fingerprint density at radius 1 is 1.14 bits per heavy atom. The van der Waals surface area contributed by atoms with Crippen LogP contribution in [0.15, 0.2) is 24.8 Å². The van der Waals surface area contributed by atoms with Crippen molar-refractivity contribution in [3.8, 4) is 11.4 Å². The predicted octanol–water partition coefficient (Wildman–Crippen LogP) is 2.00. The van der Waals surface area contributed by atoms with Gasteiger partial charge in [-0.2, -0.15) is 0 Å². The van der Waals surface area contributed by atoms with E-state index in [4.69, 9.17) is 4.74 Å².